The number of ether oxygens (including phenoxy) is 1. The van der Waals surface area contributed by atoms with Crippen molar-refractivity contribution < 1.29 is 9.53 Å². The van der Waals surface area contributed by atoms with Gasteiger partial charge in [0.15, 0.2) is 0 Å². The van der Waals surface area contributed by atoms with Crippen LogP contribution in [0.5, 0.6) is 0 Å². The topological polar surface area (TPSA) is 26.3 Å². The van der Waals surface area contributed by atoms with Crippen molar-refractivity contribution in [2.45, 2.75) is 3.79 Å². The fraction of sp³-hybridized carbons (Fsp3) is 0.750. The molecule has 0 bridgehead atoms. The lowest BCUT2D eigenvalue weighted by Crippen LogP contribution is -2.13. The molecule has 5 heteroatoms. The first-order chi connectivity index (χ1) is 4.06. The van der Waals surface area contributed by atoms with Gasteiger partial charge in [-0.05, 0) is 0 Å². The number of hydrogen-bond acceptors (Lipinski definition) is 2. The van der Waals surface area contributed by atoms with E-state index >= 15 is 0 Å². The monoisotopic (exact) mass is 190 g/mol. The van der Waals surface area contributed by atoms with Crippen LogP contribution in [0.1, 0.15) is 0 Å². The largest absolute Gasteiger partial charge is 0.370 e. The number of aldehydes is 1. The highest BCUT2D eigenvalue weighted by Gasteiger charge is 2.18. The highest BCUT2D eigenvalue weighted by Crippen LogP contribution is 2.25. The van der Waals surface area contributed by atoms with Gasteiger partial charge in [-0.25, -0.2) is 0 Å². The third-order valence-electron chi connectivity index (χ3n) is 0.452. The Morgan fingerprint density at radius 2 is 2.00 bits per heavy atom. The van der Waals surface area contributed by atoms with Gasteiger partial charge >= 0.3 is 0 Å². The Hall–Kier alpha value is 0.500. The van der Waals surface area contributed by atoms with E-state index in [9.17, 15) is 4.79 Å². The summed E-state index contributed by atoms with van der Waals surface area (Å²) in [5.41, 5.74) is 0. The second kappa shape index (κ2) is 4.34. The van der Waals surface area contributed by atoms with Crippen LogP contribution in [0.15, 0.2) is 0 Å². The van der Waals surface area contributed by atoms with Crippen LogP contribution in [0.4, 0.5) is 0 Å². The number of hydrogen-bond donors (Lipinski definition) is 0. The molecule has 0 atom stereocenters. The maximum atomic E-state index is 9.64. The SMILES string of the molecule is O=CCOCC(Cl)(Cl)Cl. The zero-order valence-corrected chi connectivity index (χ0v) is 6.71. The van der Waals surface area contributed by atoms with Crippen LogP contribution in [0.2, 0.25) is 0 Å². The summed E-state index contributed by atoms with van der Waals surface area (Å²) in [5, 5.41) is 0. The summed E-state index contributed by atoms with van der Waals surface area (Å²) in [6, 6.07) is 0. The second-order valence-electron chi connectivity index (χ2n) is 1.30. The molecule has 0 saturated heterocycles. The molecule has 0 aromatic heterocycles. The molecule has 0 unspecified atom stereocenters. The lowest BCUT2D eigenvalue weighted by Gasteiger charge is -2.08. The first-order valence-electron chi connectivity index (χ1n) is 2.14. The Morgan fingerprint density at radius 1 is 1.44 bits per heavy atom. The highest BCUT2D eigenvalue weighted by atomic mass is 35.6. The van der Waals surface area contributed by atoms with Crippen LogP contribution in [-0.2, 0) is 9.53 Å². The van der Waals surface area contributed by atoms with E-state index in [1.165, 1.54) is 0 Å². The van der Waals surface area contributed by atoms with Crippen LogP contribution in [0, 0.1) is 0 Å². The summed E-state index contributed by atoms with van der Waals surface area (Å²) < 4.78 is 3.17. The van der Waals surface area contributed by atoms with E-state index in [-0.39, 0.29) is 13.2 Å². The molecule has 0 aliphatic heterocycles. The van der Waals surface area contributed by atoms with Crippen molar-refractivity contribution in [2.24, 2.45) is 0 Å². The standard InChI is InChI=1S/C4H5Cl3O2/c5-4(6,7)3-9-2-1-8/h1H,2-3H2. The van der Waals surface area contributed by atoms with Crippen molar-refractivity contribution in [1.29, 1.82) is 0 Å². The van der Waals surface area contributed by atoms with Crippen molar-refractivity contribution in [3.05, 3.63) is 0 Å². The third kappa shape index (κ3) is 8.50. The Balaban J connectivity index is 3.17. The molecule has 0 heterocycles. The molecule has 54 valence electrons. The molecule has 0 rings (SSSR count). The first kappa shape index (κ1) is 9.50. The van der Waals surface area contributed by atoms with Gasteiger partial charge in [-0.15, -0.1) is 0 Å². The minimum absolute atomic E-state index is 0.0338. The summed E-state index contributed by atoms with van der Waals surface area (Å²) in [7, 11) is 0. The van der Waals surface area contributed by atoms with Gasteiger partial charge in [-0.3, -0.25) is 0 Å². The summed E-state index contributed by atoms with van der Waals surface area (Å²) in [5.74, 6) is 0. The van der Waals surface area contributed by atoms with E-state index in [2.05, 4.69) is 4.74 Å². The Labute approximate surface area is 68.0 Å². The summed E-state index contributed by atoms with van der Waals surface area (Å²) in [6.45, 7) is -0.0929. The molecule has 0 N–H and O–H groups in total. The predicted octanol–water partition coefficient (Wildman–Crippen LogP) is 1.57. The van der Waals surface area contributed by atoms with E-state index in [0.29, 0.717) is 6.29 Å². The predicted molar refractivity (Wildman–Crippen MR) is 37.2 cm³/mol. The summed E-state index contributed by atoms with van der Waals surface area (Å²) in [4.78, 5) is 9.64. The maximum absolute atomic E-state index is 9.64. The third-order valence-corrected chi connectivity index (χ3v) is 0.779. The van der Waals surface area contributed by atoms with Gasteiger partial charge in [0.1, 0.15) is 12.9 Å². The minimum Gasteiger partial charge on any atom is -0.370 e. The average Bonchev–Trinajstić information content (AvgIpc) is 1.63. The van der Waals surface area contributed by atoms with E-state index in [1.807, 2.05) is 0 Å². The molecule has 2 nitrogen and oxygen atoms in total. The van der Waals surface area contributed by atoms with Gasteiger partial charge < -0.3 is 9.53 Å². The number of carbonyl (C=O) groups excluding carboxylic acids is 1. The maximum Gasteiger partial charge on any atom is 0.213 e. The molecule has 0 amide bonds. The van der Waals surface area contributed by atoms with Crippen LogP contribution < -0.4 is 0 Å². The minimum atomic E-state index is -1.41. The molecule has 0 spiro atoms. The van der Waals surface area contributed by atoms with E-state index in [0.717, 1.165) is 0 Å². The fourth-order valence-corrected chi connectivity index (χ4v) is 0.454. The van der Waals surface area contributed by atoms with Crippen molar-refractivity contribution in [2.75, 3.05) is 13.2 Å². The van der Waals surface area contributed by atoms with Gasteiger partial charge in [-0.2, -0.15) is 0 Å². The molecule has 0 aromatic rings. The Morgan fingerprint density at radius 3 is 2.33 bits per heavy atom. The molecular weight excluding hydrogens is 186 g/mol. The molecule has 0 aromatic carbocycles. The van der Waals surface area contributed by atoms with Crippen molar-refractivity contribution in [1.82, 2.24) is 0 Å². The van der Waals surface area contributed by atoms with Crippen LogP contribution in [-0.4, -0.2) is 23.3 Å². The second-order valence-corrected chi connectivity index (χ2v) is 3.81. The Bertz CT molecular complexity index is 88.3. The number of alkyl halides is 3. The summed E-state index contributed by atoms with van der Waals surface area (Å²) in [6.07, 6.45) is 0.594. The lowest BCUT2D eigenvalue weighted by molar-refractivity contribution is -0.111. The highest BCUT2D eigenvalue weighted by molar-refractivity contribution is 6.67. The van der Waals surface area contributed by atoms with E-state index in [4.69, 9.17) is 34.8 Å². The van der Waals surface area contributed by atoms with Gasteiger partial charge in [0.25, 0.3) is 0 Å². The van der Waals surface area contributed by atoms with Gasteiger partial charge in [0, 0.05) is 0 Å². The van der Waals surface area contributed by atoms with Crippen LogP contribution in [0.25, 0.3) is 0 Å². The average molecular weight is 191 g/mol. The molecule has 0 saturated carbocycles. The molecule has 0 radical (unpaired) electrons. The van der Waals surface area contributed by atoms with Crippen molar-refractivity contribution >= 4 is 41.1 Å². The summed E-state index contributed by atoms with van der Waals surface area (Å²) >= 11 is 15.8. The van der Waals surface area contributed by atoms with Gasteiger partial charge in [0.2, 0.25) is 3.79 Å². The number of rotatable bonds is 3. The molecule has 0 fully saturated rings. The quantitative estimate of drug-likeness (QED) is 0.385. The molecule has 9 heavy (non-hydrogen) atoms. The normalized spacial score (nSPS) is 11.4. The molecular formula is C4H5Cl3O2. The Kier molecular flexibility index (Phi) is 4.58. The van der Waals surface area contributed by atoms with Crippen molar-refractivity contribution in [3.8, 4) is 0 Å². The first-order valence-corrected chi connectivity index (χ1v) is 3.28. The van der Waals surface area contributed by atoms with Gasteiger partial charge in [-0.1, -0.05) is 34.8 Å². The smallest absolute Gasteiger partial charge is 0.213 e. The van der Waals surface area contributed by atoms with Gasteiger partial charge in [0.05, 0.1) is 6.61 Å². The lowest BCUT2D eigenvalue weighted by atomic mass is 10.8. The van der Waals surface area contributed by atoms with Crippen LogP contribution >= 0.6 is 34.8 Å². The van der Waals surface area contributed by atoms with E-state index < -0.39 is 3.79 Å². The number of halogens is 3. The zero-order valence-electron chi connectivity index (χ0n) is 4.44. The molecule has 0 aliphatic carbocycles. The zero-order chi connectivity index (χ0) is 7.33. The number of carbonyl (C=O) groups is 1. The fourth-order valence-electron chi connectivity index (χ4n) is 0.223. The van der Waals surface area contributed by atoms with E-state index in [1.54, 1.807) is 0 Å². The van der Waals surface area contributed by atoms with Crippen molar-refractivity contribution in [3.63, 3.8) is 0 Å². The molecule has 0 aliphatic rings. The van der Waals surface area contributed by atoms with Crippen LogP contribution in [0.3, 0.4) is 0 Å².